The summed E-state index contributed by atoms with van der Waals surface area (Å²) in [6.07, 6.45) is 1.70. The molecular formula is C6H8INO. The van der Waals surface area contributed by atoms with Gasteiger partial charge in [0.2, 0.25) is 0 Å². The standard InChI is InChI=1S/C6H8INO/c1-4(2)5-3-9-6(7)8-5/h3-4H,1-2H3. The monoisotopic (exact) mass is 237 g/mol. The summed E-state index contributed by atoms with van der Waals surface area (Å²) in [4.78, 5) is 4.13. The minimum Gasteiger partial charge on any atom is -0.440 e. The van der Waals surface area contributed by atoms with Crippen LogP contribution in [-0.4, -0.2) is 4.98 Å². The summed E-state index contributed by atoms with van der Waals surface area (Å²) in [5.41, 5.74) is 1.03. The maximum atomic E-state index is 5.00. The van der Waals surface area contributed by atoms with Gasteiger partial charge >= 0.3 is 0 Å². The molecule has 0 unspecified atom stereocenters. The summed E-state index contributed by atoms with van der Waals surface area (Å²) in [5.74, 6) is 0.470. The Bertz CT molecular complexity index is 195. The van der Waals surface area contributed by atoms with Crippen LogP contribution in [-0.2, 0) is 0 Å². The van der Waals surface area contributed by atoms with Crippen molar-refractivity contribution in [2.24, 2.45) is 0 Å². The Morgan fingerprint density at radius 2 is 2.33 bits per heavy atom. The fourth-order valence-electron chi connectivity index (χ4n) is 0.528. The highest BCUT2D eigenvalue weighted by molar-refractivity contribution is 14.1. The van der Waals surface area contributed by atoms with Gasteiger partial charge in [0.25, 0.3) is 3.90 Å². The number of hydrogen-bond donors (Lipinski definition) is 0. The third-order valence-corrected chi connectivity index (χ3v) is 1.58. The van der Waals surface area contributed by atoms with Crippen LogP contribution < -0.4 is 0 Å². The minimum absolute atomic E-state index is 0.470. The molecule has 0 fully saturated rings. The lowest BCUT2D eigenvalue weighted by molar-refractivity contribution is 0.524. The third-order valence-electron chi connectivity index (χ3n) is 1.09. The van der Waals surface area contributed by atoms with Crippen LogP contribution in [0.3, 0.4) is 0 Å². The van der Waals surface area contributed by atoms with E-state index in [2.05, 4.69) is 41.4 Å². The van der Waals surface area contributed by atoms with Crippen LogP contribution in [0.5, 0.6) is 0 Å². The normalized spacial score (nSPS) is 10.7. The molecule has 0 radical (unpaired) electrons. The number of rotatable bonds is 1. The fourth-order valence-corrected chi connectivity index (χ4v) is 0.934. The van der Waals surface area contributed by atoms with Gasteiger partial charge in [-0.2, -0.15) is 0 Å². The van der Waals surface area contributed by atoms with Gasteiger partial charge in [-0.25, -0.2) is 4.98 Å². The molecule has 1 heterocycles. The molecule has 2 nitrogen and oxygen atoms in total. The number of oxazole rings is 1. The smallest absolute Gasteiger partial charge is 0.257 e. The largest absolute Gasteiger partial charge is 0.440 e. The van der Waals surface area contributed by atoms with Crippen LogP contribution in [0.2, 0.25) is 0 Å². The Kier molecular flexibility index (Phi) is 2.10. The maximum absolute atomic E-state index is 5.00. The van der Waals surface area contributed by atoms with E-state index in [0.29, 0.717) is 5.92 Å². The fraction of sp³-hybridized carbons (Fsp3) is 0.500. The number of hydrogen-bond acceptors (Lipinski definition) is 2. The van der Waals surface area contributed by atoms with Gasteiger partial charge in [-0.05, 0) is 5.92 Å². The quantitative estimate of drug-likeness (QED) is 0.701. The summed E-state index contributed by atoms with van der Waals surface area (Å²) in [7, 11) is 0. The molecule has 0 aliphatic heterocycles. The van der Waals surface area contributed by atoms with E-state index in [4.69, 9.17) is 4.42 Å². The maximum Gasteiger partial charge on any atom is 0.257 e. The first-order chi connectivity index (χ1) is 4.20. The van der Waals surface area contributed by atoms with Crippen molar-refractivity contribution >= 4 is 22.6 Å². The molecule has 1 rings (SSSR count). The lowest BCUT2D eigenvalue weighted by atomic mass is 10.2. The van der Waals surface area contributed by atoms with Crippen LogP contribution in [0.15, 0.2) is 10.7 Å². The molecule has 0 saturated carbocycles. The predicted molar refractivity (Wildman–Crippen MR) is 43.3 cm³/mol. The average molecular weight is 237 g/mol. The summed E-state index contributed by atoms with van der Waals surface area (Å²) >= 11 is 2.06. The Labute approximate surface area is 67.8 Å². The zero-order chi connectivity index (χ0) is 6.85. The second kappa shape index (κ2) is 2.68. The molecule has 0 amide bonds. The summed E-state index contributed by atoms with van der Waals surface area (Å²) < 4.78 is 5.72. The van der Waals surface area contributed by atoms with Crippen molar-refractivity contribution in [3.8, 4) is 0 Å². The van der Waals surface area contributed by atoms with Gasteiger partial charge in [0.15, 0.2) is 0 Å². The molecule has 0 atom stereocenters. The predicted octanol–water partition coefficient (Wildman–Crippen LogP) is 2.40. The molecule has 1 aromatic rings. The molecule has 0 bridgehead atoms. The Morgan fingerprint density at radius 1 is 1.67 bits per heavy atom. The Balaban J connectivity index is 2.85. The number of nitrogens with zero attached hydrogens (tertiary/aromatic N) is 1. The van der Waals surface area contributed by atoms with Crippen molar-refractivity contribution in [3.05, 3.63) is 15.9 Å². The SMILES string of the molecule is CC(C)c1coc(I)n1. The highest BCUT2D eigenvalue weighted by Crippen LogP contribution is 2.13. The van der Waals surface area contributed by atoms with E-state index < -0.39 is 0 Å². The van der Waals surface area contributed by atoms with E-state index in [1.54, 1.807) is 6.26 Å². The zero-order valence-corrected chi connectivity index (χ0v) is 7.55. The van der Waals surface area contributed by atoms with Crippen LogP contribution >= 0.6 is 22.6 Å². The third kappa shape index (κ3) is 1.67. The topological polar surface area (TPSA) is 26.0 Å². The second-order valence-electron chi connectivity index (χ2n) is 2.18. The zero-order valence-electron chi connectivity index (χ0n) is 5.39. The van der Waals surface area contributed by atoms with E-state index in [-0.39, 0.29) is 0 Å². The minimum atomic E-state index is 0.470. The van der Waals surface area contributed by atoms with Crippen molar-refractivity contribution in [2.75, 3.05) is 0 Å². The molecule has 0 spiro atoms. The molecule has 0 aromatic carbocycles. The highest BCUT2D eigenvalue weighted by Gasteiger charge is 2.03. The van der Waals surface area contributed by atoms with Gasteiger partial charge in [-0.15, -0.1) is 0 Å². The molecule has 0 saturated heterocycles. The first-order valence-corrected chi connectivity index (χ1v) is 3.89. The molecule has 0 N–H and O–H groups in total. The number of aromatic nitrogens is 1. The van der Waals surface area contributed by atoms with Gasteiger partial charge < -0.3 is 4.42 Å². The van der Waals surface area contributed by atoms with Crippen molar-refractivity contribution in [2.45, 2.75) is 19.8 Å². The van der Waals surface area contributed by atoms with Crippen molar-refractivity contribution in [1.82, 2.24) is 4.98 Å². The Morgan fingerprint density at radius 3 is 2.56 bits per heavy atom. The molecule has 1 aromatic heterocycles. The van der Waals surface area contributed by atoms with Crippen molar-refractivity contribution in [1.29, 1.82) is 0 Å². The van der Waals surface area contributed by atoms with Gasteiger partial charge in [-0.1, -0.05) is 13.8 Å². The van der Waals surface area contributed by atoms with E-state index in [0.717, 1.165) is 9.59 Å². The van der Waals surface area contributed by atoms with E-state index in [9.17, 15) is 0 Å². The van der Waals surface area contributed by atoms with Crippen molar-refractivity contribution in [3.63, 3.8) is 0 Å². The van der Waals surface area contributed by atoms with E-state index in [1.165, 1.54) is 0 Å². The number of halogens is 1. The Hall–Kier alpha value is -0.0600. The molecular weight excluding hydrogens is 229 g/mol. The van der Waals surface area contributed by atoms with Crippen LogP contribution in [0, 0.1) is 3.90 Å². The van der Waals surface area contributed by atoms with Crippen LogP contribution in [0.1, 0.15) is 25.5 Å². The molecule has 9 heavy (non-hydrogen) atoms. The van der Waals surface area contributed by atoms with Gasteiger partial charge in [-0.3, -0.25) is 0 Å². The van der Waals surface area contributed by atoms with Crippen LogP contribution in [0.4, 0.5) is 0 Å². The first kappa shape index (κ1) is 7.05. The second-order valence-corrected chi connectivity index (χ2v) is 3.10. The van der Waals surface area contributed by atoms with Crippen LogP contribution in [0.25, 0.3) is 0 Å². The molecule has 50 valence electrons. The lowest BCUT2D eigenvalue weighted by Gasteiger charge is -1.93. The van der Waals surface area contributed by atoms with Gasteiger partial charge in [0.05, 0.1) is 5.69 Å². The average Bonchev–Trinajstić information content (AvgIpc) is 2.14. The molecule has 3 heteroatoms. The summed E-state index contributed by atoms with van der Waals surface area (Å²) in [6, 6.07) is 0. The molecule has 0 aliphatic carbocycles. The van der Waals surface area contributed by atoms with Gasteiger partial charge in [0.1, 0.15) is 6.26 Å². The highest BCUT2D eigenvalue weighted by atomic mass is 127. The first-order valence-electron chi connectivity index (χ1n) is 2.81. The van der Waals surface area contributed by atoms with Crippen molar-refractivity contribution < 1.29 is 4.42 Å². The summed E-state index contributed by atoms with van der Waals surface area (Å²) in [5, 5.41) is 0. The van der Waals surface area contributed by atoms with E-state index in [1.807, 2.05) is 0 Å². The summed E-state index contributed by atoms with van der Waals surface area (Å²) in [6.45, 7) is 4.18. The van der Waals surface area contributed by atoms with Gasteiger partial charge in [0, 0.05) is 22.6 Å². The lowest BCUT2D eigenvalue weighted by Crippen LogP contribution is -1.85. The van der Waals surface area contributed by atoms with E-state index >= 15 is 0 Å². The molecule has 0 aliphatic rings.